The molecule has 1 fully saturated rings. The van der Waals surface area contributed by atoms with Crippen LogP contribution in [0.1, 0.15) is 27.2 Å². The lowest BCUT2D eigenvalue weighted by atomic mass is 10.1. The van der Waals surface area contributed by atoms with Crippen molar-refractivity contribution in [3.63, 3.8) is 0 Å². The zero-order chi connectivity index (χ0) is 13.9. The Kier molecular flexibility index (Phi) is 4.17. The number of amides is 1. The summed E-state index contributed by atoms with van der Waals surface area (Å²) in [6.07, 6.45) is -0.293. The molecule has 0 radical (unpaired) electrons. The maximum Gasteiger partial charge on any atom is 0.411 e. The molecule has 2 atom stereocenters. The molecule has 1 amide bonds. The van der Waals surface area contributed by atoms with Gasteiger partial charge >= 0.3 is 12.1 Å². The minimum absolute atomic E-state index is 0.200. The average Bonchev–Trinajstić information content (AvgIpc) is 2.69. The number of likely N-dealkylation sites (tertiary alicyclic amines) is 1. The summed E-state index contributed by atoms with van der Waals surface area (Å²) < 4.78 is 9.85. The third-order valence-corrected chi connectivity index (χ3v) is 2.58. The van der Waals surface area contributed by atoms with Gasteiger partial charge in [0.1, 0.15) is 11.6 Å². The summed E-state index contributed by atoms with van der Waals surface area (Å²) in [4.78, 5) is 24.8. The second-order valence-corrected chi connectivity index (χ2v) is 5.23. The molecule has 18 heavy (non-hydrogen) atoms. The number of hydrogen-bond acceptors (Lipinski definition) is 5. The molecule has 6 heteroatoms. The van der Waals surface area contributed by atoms with Gasteiger partial charge in [-0.05, 0) is 27.2 Å². The van der Waals surface area contributed by atoms with Gasteiger partial charge in [0.15, 0.2) is 0 Å². The minimum Gasteiger partial charge on any atom is -0.467 e. The first kappa shape index (κ1) is 14.3. The first-order chi connectivity index (χ1) is 8.28. The number of nitrogens with zero attached hydrogens (tertiary/aromatic N) is 2. The molecule has 100 valence electrons. The SMILES string of the molecule is COC(=O)C1CC(C#N)CN1C(=O)OC(C)(C)C. The predicted molar refractivity (Wildman–Crippen MR) is 62.5 cm³/mol. The number of ether oxygens (including phenoxy) is 2. The van der Waals surface area contributed by atoms with Crippen molar-refractivity contribution in [1.82, 2.24) is 4.90 Å². The molecular weight excluding hydrogens is 236 g/mol. The Balaban J connectivity index is 2.81. The van der Waals surface area contributed by atoms with Crippen LogP contribution in [0.25, 0.3) is 0 Å². The van der Waals surface area contributed by atoms with E-state index >= 15 is 0 Å². The number of esters is 1. The molecule has 0 aromatic carbocycles. The monoisotopic (exact) mass is 254 g/mol. The van der Waals surface area contributed by atoms with Crippen molar-refractivity contribution in [3.05, 3.63) is 0 Å². The third kappa shape index (κ3) is 3.36. The number of methoxy groups -OCH3 is 1. The maximum absolute atomic E-state index is 11.9. The van der Waals surface area contributed by atoms with Gasteiger partial charge in [0, 0.05) is 6.54 Å². The number of nitriles is 1. The summed E-state index contributed by atoms with van der Waals surface area (Å²) in [5.41, 5.74) is -0.636. The first-order valence-corrected chi connectivity index (χ1v) is 5.75. The molecule has 2 unspecified atom stereocenters. The highest BCUT2D eigenvalue weighted by atomic mass is 16.6. The van der Waals surface area contributed by atoms with Crippen LogP contribution in [-0.4, -0.2) is 42.3 Å². The summed E-state index contributed by atoms with van der Waals surface area (Å²) in [6, 6.07) is 1.34. The van der Waals surface area contributed by atoms with Gasteiger partial charge in [-0.1, -0.05) is 0 Å². The van der Waals surface area contributed by atoms with Gasteiger partial charge in [0.05, 0.1) is 19.1 Å². The second kappa shape index (κ2) is 5.25. The van der Waals surface area contributed by atoms with Crippen LogP contribution in [0.15, 0.2) is 0 Å². The second-order valence-electron chi connectivity index (χ2n) is 5.23. The van der Waals surface area contributed by atoms with Crippen LogP contribution in [0.4, 0.5) is 4.79 Å². The molecular formula is C12H18N2O4. The molecule has 1 aliphatic rings. The van der Waals surface area contributed by atoms with E-state index in [2.05, 4.69) is 10.8 Å². The molecule has 1 rings (SSSR count). The first-order valence-electron chi connectivity index (χ1n) is 5.75. The van der Waals surface area contributed by atoms with Crippen molar-refractivity contribution >= 4 is 12.1 Å². The summed E-state index contributed by atoms with van der Waals surface area (Å²) in [5.74, 6) is -0.875. The van der Waals surface area contributed by atoms with Gasteiger partial charge < -0.3 is 9.47 Å². The lowest BCUT2D eigenvalue weighted by Gasteiger charge is -2.27. The molecule has 1 saturated heterocycles. The standard InChI is InChI=1S/C12H18N2O4/c1-12(2,3)18-11(16)14-7-8(6-13)5-9(14)10(15)17-4/h8-9H,5,7H2,1-4H3. The van der Waals surface area contributed by atoms with Crippen molar-refractivity contribution in [2.75, 3.05) is 13.7 Å². The Morgan fingerprint density at radius 2 is 2.00 bits per heavy atom. The molecule has 1 heterocycles. The van der Waals surface area contributed by atoms with E-state index in [1.54, 1.807) is 20.8 Å². The fourth-order valence-electron chi connectivity index (χ4n) is 1.81. The van der Waals surface area contributed by atoms with Crippen LogP contribution >= 0.6 is 0 Å². The van der Waals surface area contributed by atoms with Crippen LogP contribution in [0.5, 0.6) is 0 Å². The van der Waals surface area contributed by atoms with E-state index < -0.39 is 23.7 Å². The van der Waals surface area contributed by atoms with Crippen molar-refractivity contribution in [2.24, 2.45) is 5.92 Å². The number of hydrogen-bond donors (Lipinski definition) is 0. The van der Waals surface area contributed by atoms with Gasteiger partial charge in [-0.3, -0.25) is 4.90 Å². The lowest BCUT2D eigenvalue weighted by Crippen LogP contribution is -2.43. The van der Waals surface area contributed by atoms with Crippen molar-refractivity contribution in [2.45, 2.75) is 38.8 Å². The highest BCUT2D eigenvalue weighted by Gasteiger charge is 2.42. The Morgan fingerprint density at radius 3 is 2.44 bits per heavy atom. The molecule has 1 aliphatic heterocycles. The van der Waals surface area contributed by atoms with Crippen LogP contribution in [0, 0.1) is 17.2 Å². The molecule has 0 bridgehead atoms. The fraction of sp³-hybridized carbons (Fsp3) is 0.750. The quantitative estimate of drug-likeness (QED) is 0.659. The van der Waals surface area contributed by atoms with E-state index in [1.165, 1.54) is 12.0 Å². The van der Waals surface area contributed by atoms with Gasteiger partial charge in [-0.25, -0.2) is 9.59 Å². The van der Waals surface area contributed by atoms with Crippen LogP contribution in [0.3, 0.4) is 0 Å². The predicted octanol–water partition coefficient (Wildman–Crippen LogP) is 1.31. The zero-order valence-electron chi connectivity index (χ0n) is 11.1. The summed E-state index contributed by atoms with van der Waals surface area (Å²) in [7, 11) is 1.26. The Bertz CT molecular complexity index is 381. The minimum atomic E-state index is -0.727. The molecule has 0 spiro atoms. The Labute approximate surface area is 106 Å². The fourth-order valence-corrected chi connectivity index (χ4v) is 1.81. The van der Waals surface area contributed by atoms with Gasteiger partial charge in [-0.2, -0.15) is 5.26 Å². The normalized spacial score (nSPS) is 23.4. The maximum atomic E-state index is 11.9. The van der Waals surface area contributed by atoms with E-state index in [1.807, 2.05) is 0 Å². The topological polar surface area (TPSA) is 79.6 Å². The Hall–Kier alpha value is -1.77. The summed E-state index contributed by atoms with van der Waals surface area (Å²) in [6.45, 7) is 5.44. The molecule has 0 aromatic heterocycles. The largest absolute Gasteiger partial charge is 0.467 e. The Morgan fingerprint density at radius 1 is 1.39 bits per heavy atom. The van der Waals surface area contributed by atoms with Crippen LogP contribution < -0.4 is 0 Å². The average molecular weight is 254 g/mol. The van der Waals surface area contributed by atoms with Crippen LogP contribution in [-0.2, 0) is 14.3 Å². The van der Waals surface area contributed by atoms with E-state index in [9.17, 15) is 9.59 Å². The van der Waals surface area contributed by atoms with E-state index in [0.717, 1.165) is 0 Å². The summed E-state index contributed by atoms with van der Waals surface area (Å²) >= 11 is 0. The van der Waals surface area contributed by atoms with E-state index in [-0.39, 0.29) is 12.5 Å². The van der Waals surface area contributed by atoms with E-state index in [4.69, 9.17) is 10.00 Å². The van der Waals surface area contributed by atoms with Crippen LogP contribution in [0.2, 0.25) is 0 Å². The lowest BCUT2D eigenvalue weighted by molar-refractivity contribution is -0.145. The molecule has 0 aliphatic carbocycles. The highest BCUT2D eigenvalue weighted by molar-refractivity contribution is 5.82. The third-order valence-electron chi connectivity index (χ3n) is 2.58. The van der Waals surface area contributed by atoms with Crippen molar-refractivity contribution in [1.29, 1.82) is 5.26 Å². The van der Waals surface area contributed by atoms with Gasteiger partial charge in [0.2, 0.25) is 0 Å². The van der Waals surface area contributed by atoms with Crippen molar-refractivity contribution in [3.8, 4) is 6.07 Å². The van der Waals surface area contributed by atoms with Crippen molar-refractivity contribution < 1.29 is 19.1 Å². The molecule has 0 aromatic rings. The number of carbonyl (C=O) groups excluding carboxylic acids is 2. The van der Waals surface area contributed by atoms with Gasteiger partial charge in [-0.15, -0.1) is 0 Å². The number of rotatable bonds is 1. The zero-order valence-corrected chi connectivity index (χ0v) is 11.1. The molecule has 0 N–H and O–H groups in total. The molecule has 6 nitrogen and oxygen atoms in total. The van der Waals surface area contributed by atoms with E-state index in [0.29, 0.717) is 6.42 Å². The van der Waals surface area contributed by atoms with Gasteiger partial charge in [0.25, 0.3) is 0 Å². The summed E-state index contributed by atoms with van der Waals surface area (Å²) in [5, 5.41) is 8.89. The molecule has 0 saturated carbocycles. The number of carbonyl (C=O) groups is 2. The smallest absolute Gasteiger partial charge is 0.411 e. The highest BCUT2D eigenvalue weighted by Crippen LogP contribution is 2.25.